The fraction of sp³-hybridized carbons (Fsp3) is 0.417. The summed E-state index contributed by atoms with van der Waals surface area (Å²) in [6.45, 7) is 2.19. The van der Waals surface area contributed by atoms with E-state index in [1.54, 1.807) is 0 Å². The van der Waals surface area contributed by atoms with Crippen molar-refractivity contribution in [2.75, 3.05) is 0 Å². The van der Waals surface area contributed by atoms with Crippen LogP contribution in [0.15, 0.2) is 16.6 Å². The normalized spacial score (nSPS) is 12.6. The predicted octanol–water partition coefficient (Wildman–Crippen LogP) is 4.32. The molecule has 0 heterocycles. The molecule has 0 atom stereocenters. The molecule has 0 saturated heterocycles. The maximum atomic E-state index is 13.9. The molecule has 0 unspecified atom stereocenters. The van der Waals surface area contributed by atoms with Crippen molar-refractivity contribution in [2.24, 2.45) is 5.41 Å². The molecule has 0 fully saturated rings. The molecule has 0 saturated carbocycles. The summed E-state index contributed by atoms with van der Waals surface area (Å²) in [5.74, 6) is -7.55. The van der Waals surface area contributed by atoms with E-state index in [1.165, 1.54) is 0 Å². The number of halogens is 5. The van der Waals surface area contributed by atoms with E-state index < -0.39 is 40.9 Å². The summed E-state index contributed by atoms with van der Waals surface area (Å²) >= 11 is 2.68. The van der Waals surface area contributed by atoms with Crippen molar-refractivity contribution >= 4 is 21.9 Å². The monoisotopic (exact) mass is 342 g/mol. The molecule has 0 radical (unpaired) electrons. The lowest BCUT2D eigenvalue weighted by Crippen LogP contribution is -2.31. The highest BCUT2D eigenvalue weighted by atomic mass is 79.9. The number of hydrogen-bond acceptors (Lipinski definition) is 1. The van der Waals surface area contributed by atoms with Gasteiger partial charge in [0.05, 0.1) is 15.5 Å². The minimum Gasteiger partial charge on any atom is -0.481 e. The van der Waals surface area contributed by atoms with Crippen molar-refractivity contribution in [3.05, 3.63) is 33.8 Å². The number of carbonyl (C=O) groups is 1. The summed E-state index contributed by atoms with van der Waals surface area (Å²) in [4.78, 5) is 10.8. The summed E-state index contributed by atoms with van der Waals surface area (Å²) in [7, 11) is 0. The maximum Gasteiger partial charge on any atom is 0.309 e. The Bertz CT molecular complexity index is 515. The van der Waals surface area contributed by atoms with Crippen molar-refractivity contribution in [1.29, 1.82) is 0 Å². The minimum absolute atomic E-state index is 0.276. The van der Waals surface area contributed by atoms with Crippen molar-refractivity contribution in [3.63, 3.8) is 0 Å². The van der Waals surface area contributed by atoms with E-state index in [1.807, 2.05) is 0 Å². The first-order valence-corrected chi connectivity index (χ1v) is 6.03. The van der Waals surface area contributed by atoms with Gasteiger partial charge in [0.25, 0.3) is 5.92 Å². The Morgan fingerprint density at radius 1 is 1.26 bits per heavy atom. The molecule has 0 spiro atoms. The van der Waals surface area contributed by atoms with Crippen LogP contribution in [-0.2, 0) is 10.7 Å². The van der Waals surface area contributed by atoms with Gasteiger partial charge >= 0.3 is 5.97 Å². The second-order valence-electron chi connectivity index (χ2n) is 4.82. The van der Waals surface area contributed by atoms with Crippen LogP contribution in [0.25, 0.3) is 0 Å². The Labute approximate surface area is 115 Å². The second-order valence-corrected chi connectivity index (χ2v) is 5.67. The van der Waals surface area contributed by atoms with Gasteiger partial charge < -0.3 is 5.11 Å². The molecule has 1 rings (SSSR count). The number of aliphatic carboxylic acids is 1. The lowest BCUT2D eigenvalue weighted by Gasteiger charge is -2.26. The van der Waals surface area contributed by atoms with Gasteiger partial charge in [-0.3, -0.25) is 4.79 Å². The SMILES string of the molecule is CC(C)(CC(F)(F)c1cc(F)c(Br)cc1F)C(=O)O. The zero-order chi connectivity index (χ0) is 15.0. The van der Waals surface area contributed by atoms with E-state index in [-0.39, 0.29) is 4.47 Å². The summed E-state index contributed by atoms with van der Waals surface area (Å²) in [6, 6.07) is 0.962. The third-order valence-corrected chi connectivity index (χ3v) is 3.25. The Morgan fingerprint density at radius 2 is 1.79 bits per heavy atom. The van der Waals surface area contributed by atoms with Gasteiger partial charge in [-0.05, 0) is 41.9 Å². The molecule has 0 aliphatic carbocycles. The molecule has 0 aliphatic rings. The quantitative estimate of drug-likeness (QED) is 0.653. The van der Waals surface area contributed by atoms with Crippen LogP contribution in [0, 0.1) is 17.0 Å². The second kappa shape index (κ2) is 5.11. The Balaban J connectivity index is 3.21. The first-order chi connectivity index (χ1) is 8.47. The lowest BCUT2D eigenvalue weighted by atomic mass is 9.84. The standard InChI is InChI=1S/C12H11BrF4O2/c1-11(2,10(18)19)5-12(16,17)6-3-9(15)7(13)4-8(6)14/h3-4H,5H2,1-2H3,(H,18,19). The molecular weight excluding hydrogens is 332 g/mol. The van der Waals surface area contributed by atoms with Crippen LogP contribution < -0.4 is 0 Å². The fourth-order valence-electron chi connectivity index (χ4n) is 1.53. The van der Waals surface area contributed by atoms with Crippen LogP contribution in [0.4, 0.5) is 17.6 Å². The highest BCUT2D eigenvalue weighted by Crippen LogP contribution is 2.41. The molecule has 1 aromatic carbocycles. The summed E-state index contributed by atoms with van der Waals surface area (Å²) in [5, 5.41) is 8.81. The zero-order valence-corrected chi connectivity index (χ0v) is 11.7. The van der Waals surface area contributed by atoms with Crippen LogP contribution in [0.5, 0.6) is 0 Å². The predicted molar refractivity (Wildman–Crippen MR) is 64.0 cm³/mol. The number of carboxylic acids is 1. The van der Waals surface area contributed by atoms with Gasteiger partial charge in [-0.25, -0.2) is 17.6 Å². The smallest absolute Gasteiger partial charge is 0.309 e. The molecule has 0 aromatic heterocycles. The molecule has 1 aromatic rings. The van der Waals surface area contributed by atoms with E-state index in [2.05, 4.69) is 15.9 Å². The zero-order valence-electron chi connectivity index (χ0n) is 10.1. The number of alkyl halides is 2. The first-order valence-electron chi connectivity index (χ1n) is 5.23. The Kier molecular flexibility index (Phi) is 4.29. The highest BCUT2D eigenvalue weighted by Gasteiger charge is 2.44. The van der Waals surface area contributed by atoms with Crippen molar-refractivity contribution in [2.45, 2.75) is 26.2 Å². The van der Waals surface area contributed by atoms with Crippen LogP contribution in [0.3, 0.4) is 0 Å². The minimum atomic E-state index is -3.78. The first kappa shape index (κ1) is 15.9. The third kappa shape index (κ3) is 3.46. The van der Waals surface area contributed by atoms with Gasteiger partial charge in [-0.2, -0.15) is 0 Å². The number of rotatable bonds is 4. The Hall–Kier alpha value is -1.11. The van der Waals surface area contributed by atoms with Crippen LogP contribution in [0.1, 0.15) is 25.8 Å². The van der Waals surface area contributed by atoms with Gasteiger partial charge in [0.2, 0.25) is 0 Å². The van der Waals surface area contributed by atoms with E-state index in [0.29, 0.717) is 12.1 Å². The topological polar surface area (TPSA) is 37.3 Å². The van der Waals surface area contributed by atoms with E-state index in [9.17, 15) is 22.4 Å². The van der Waals surface area contributed by atoms with Crippen LogP contribution in [0.2, 0.25) is 0 Å². The van der Waals surface area contributed by atoms with Gasteiger partial charge in [0.15, 0.2) is 0 Å². The number of carboxylic acid groups (broad SMARTS) is 1. The molecular formula is C12H11BrF4O2. The van der Waals surface area contributed by atoms with Gasteiger partial charge in [0.1, 0.15) is 11.6 Å². The van der Waals surface area contributed by atoms with Crippen LogP contribution >= 0.6 is 15.9 Å². The Morgan fingerprint density at radius 3 is 2.26 bits per heavy atom. The number of benzene rings is 1. The fourth-order valence-corrected chi connectivity index (χ4v) is 1.84. The van der Waals surface area contributed by atoms with Gasteiger partial charge in [-0.1, -0.05) is 0 Å². The molecule has 0 bridgehead atoms. The summed E-state index contributed by atoms with van der Waals surface area (Å²) in [5.41, 5.74) is -2.91. The largest absolute Gasteiger partial charge is 0.481 e. The number of hydrogen-bond donors (Lipinski definition) is 1. The van der Waals surface area contributed by atoms with E-state index in [0.717, 1.165) is 13.8 Å². The average molecular weight is 343 g/mol. The average Bonchev–Trinajstić information content (AvgIpc) is 2.21. The third-order valence-electron chi connectivity index (χ3n) is 2.65. The van der Waals surface area contributed by atoms with Crippen molar-refractivity contribution < 1.29 is 27.5 Å². The maximum absolute atomic E-state index is 13.9. The summed E-state index contributed by atoms with van der Waals surface area (Å²) < 4.78 is 54.2. The van der Waals surface area contributed by atoms with Crippen LogP contribution in [-0.4, -0.2) is 11.1 Å². The molecule has 7 heteroatoms. The molecule has 2 nitrogen and oxygen atoms in total. The highest BCUT2D eigenvalue weighted by molar-refractivity contribution is 9.10. The summed E-state index contributed by atoms with van der Waals surface area (Å²) in [6.07, 6.45) is -1.13. The van der Waals surface area contributed by atoms with E-state index >= 15 is 0 Å². The lowest BCUT2D eigenvalue weighted by molar-refractivity contribution is -0.153. The molecule has 0 amide bonds. The van der Waals surface area contributed by atoms with Gasteiger partial charge in [-0.15, -0.1) is 0 Å². The molecule has 1 N–H and O–H groups in total. The molecule has 106 valence electrons. The van der Waals surface area contributed by atoms with Gasteiger partial charge in [0, 0.05) is 6.42 Å². The van der Waals surface area contributed by atoms with Crippen molar-refractivity contribution in [3.8, 4) is 0 Å². The molecule has 0 aliphatic heterocycles. The van der Waals surface area contributed by atoms with E-state index in [4.69, 9.17) is 5.11 Å². The van der Waals surface area contributed by atoms with Crippen molar-refractivity contribution in [1.82, 2.24) is 0 Å². The molecule has 19 heavy (non-hydrogen) atoms.